The zero-order chi connectivity index (χ0) is 30.1. The first-order chi connectivity index (χ1) is 19.3. The van der Waals surface area contributed by atoms with E-state index >= 15 is 0 Å². The standard InChI is InChI=1S/C29H34N4O7Si/c1-18-13-23(40-16-24(34)38-3)25(20-9-10-32(26(18)20)28(35)36)29(2,37)27-31-21-14-19(15-30)7-8-22(21)33(27)17-39-11-12-41(4,5)6/h7-10,13-14,37H,11-12,16-17H2,1-6H3,(H,35,36). The Morgan fingerprint density at radius 1 is 1.20 bits per heavy atom. The summed E-state index contributed by atoms with van der Waals surface area (Å²) in [5.74, 6) is -0.250. The molecule has 0 radical (unpaired) electrons. The first kappa shape index (κ1) is 29.8. The summed E-state index contributed by atoms with van der Waals surface area (Å²) in [5, 5.41) is 32.0. The highest BCUT2D eigenvalue weighted by Gasteiger charge is 2.38. The molecule has 12 heteroatoms. The van der Waals surface area contributed by atoms with Crippen molar-refractivity contribution in [2.75, 3.05) is 20.3 Å². The van der Waals surface area contributed by atoms with Crippen molar-refractivity contribution >= 4 is 42.1 Å². The summed E-state index contributed by atoms with van der Waals surface area (Å²) in [6.45, 7) is 10.2. The van der Waals surface area contributed by atoms with Gasteiger partial charge in [0.05, 0.1) is 35.3 Å². The van der Waals surface area contributed by atoms with Crippen molar-refractivity contribution in [3.63, 3.8) is 0 Å². The van der Waals surface area contributed by atoms with Gasteiger partial charge in [-0.25, -0.2) is 14.6 Å². The minimum atomic E-state index is -1.87. The van der Waals surface area contributed by atoms with Crippen LogP contribution in [-0.4, -0.2) is 64.8 Å². The number of hydrogen-bond donors (Lipinski definition) is 2. The minimum absolute atomic E-state index is 0.0852. The fourth-order valence-electron chi connectivity index (χ4n) is 4.82. The summed E-state index contributed by atoms with van der Waals surface area (Å²) < 4.78 is 19.4. The monoisotopic (exact) mass is 578 g/mol. The van der Waals surface area contributed by atoms with Gasteiger partial charge in [0.25, 0.3) is 0 Å². The number of ether oxygens (including phenoxy) is 3. The lowest BCUT2D eigenvalue weighted by molar-refractivity contribution is -0.143. The molecule has 0 bridgehead atoms. The van der Waals surface area contributed by atoms with Crippen molar-refractivity contribution in [1.82, 2.24) is 14.1 Å². The number of carbonyl (C=O) groups excluding carboxylic acids is 1. The van der Waals surface area contributed by atoms with E-state index in [-0.39, 0.29) is 23.9 Å². The van der Waals surface area contributed by atoms with Crippen LogP contribution in [0.1, 0.15) is 29.4 Å². The zero-order valence-corrected chi connectivity index (χ0v) is 25.0. The summed E-state index contributed by atoms with van der Waals surface area (Å²) in [6, 6.07) is 11.3. The van der Waals surface area contributed by atoms with E-state index < -0.39 is 32.3 Å². The molecule has 2 aromatic carbocycles. The molecule has 4 aromatic rings. The van der Waals surface area contributed by atoms with Gasteiger partial charge < -0.3 is 29.0 Å². The van der Waals surface area contributed by atoms with E-state index in [2.05, 4.69) is 25.7 Å². The van der Waals surface area contributed by atoms with Crippen molar-refractivity contribution in [3.8, 4) is 11.8 Å². The van der Waals surface area contributed by atoms with Gasteiger partial charge in [0.2, 0.25) is 0 Å². The van der Waals surface area contributed by atoms with Crippen LogP contribution in [0.5, 0.6) is 5.75 Å². The Hall–Kier alpha value is -4.18. The number of benzene rings is 2. The maximum absolute atomic E-state index is 12.3. The Morgan fingerprint density at radius 3 is 2.56 bits per heavy atom. The number of carbonyl (C=O) groups is 2. The van der Waals surface area contributed by atoms with Crippen molar-refractivity contribution in [2.24, 2.45) is 0 Å². The third-order valence-corrected chi connectivity index (χ3v) is 8.62. The van der Waals surface area contributed by atoms with Gasteiger partial charge in [-0.3, -0.25) is 4.57 Å². The van der Waals surface area contributed by atoms with Gasteiger partial charge >= 0.3 is 12.1 Å². The number of nitriles is 1. The lowest BCUT2D eigenvalue weighted by Gasteiger charge is -2.28. The summed E-state index contributed by atoms with van der Waals surface area (Å²) in [4.78, 5) is 28.7. The quantitative estimate of drug-likeness (QED) is 0.153. The highest BCUT2D eigenvalue weighted by atomic mass is 28.3. The van der Waals surface area contributed by atoms with Gasteiger partial charge in [-0.05, 0) is 55.8 Å². The Balaban J connectivity index is 1.94. The number of aromatic nitrogens is 3. The van der Waals surface area contributed by atoms with Crippen LogP contribution in [0.15, 0.2) is 36.5 Å². The molecule has 0 aliphatic heterocycles. The number of imidazole rings is 1. The third-order valence-electron chi connectivity index (χ3n) is 6.92. The van der Waals surface area contributed by atoms with E-state index in [9.17, 15) is 25.1 Å². The SMILES string of the molecule is COC(=O)COc1cc(C)c2c(ccn2C(=O)O)c1C(C)(O)c1nc2cc(C#N)ccc2n1COCC[Si](C)(C)C. The number of aryl methyl sites for hydroxylation is 1. The van der Waals surface area contributed by atoms with E-state index in [1.807, 2.05) is 0 Å². The van der Waals surface area contributed by atoms with E-state index in [1.165, 1.54) is 20.2 Å². The normalized spacial score (nSPS) is 13.2. The van der Waals surface area contributed by atoms with E-state index in [1.54, 1.807) is 41.8 Å². The highest BCUT2D eigenvalue weighted by molar-refractivity contribution is 6.76. The molecule has 0 amide bonds. The molecule has 0 aliphatic carbocycles. The number of carboxylic acid groups (broad SMARTS) is 1. The molecule has 2 N–H and O–H groups in total. The molecule has 1 atom stereocenters. The van der Waals surface area contributed by atoms with Crippen molar-refractivity contribution in [3.05, 3.63) is 59.0 Å². The zero-order valence-electron chi connectivity index (χ0n) is 24.0. The topological polar surface area (TPSA) is 149 Å². The molecule has 2 aromatic heterocycles. The number of rotatable bonds is 10. The van der Waals surface area contributed by atoms with Crippen LogP contribution in [0.4, 0.5) is 4.79 Å². The molecule has 2 heterocycles. The van der Waals surface area contributed by atoms with Gasteiger partial charge in [-0.2, -0.15) is 5.26 Å². The van der Waals surface area contributed by atoms with Gasteiger partial charge in [0, 0.05) is 31.8 Å². The smallest absolute Gasteiger partial charge is 0.416 e. The second kappa shape index (κ2) is 11.4. The molecule has 0 spiro atoms. The highest BCUT2D eigenvalue weighted by Crippen LogP contribution is 2.43. The molecule has 1 unspecified atom stereocenters. The molecule has 0 fully saturated rings. The fourth-order valence-corrected chi connectivity index (χ4v) is 5.58. The van der Waals surface area contributed by atoms with Crippen LogP contribution < -0.4 is 4.74 Å². The molecule has 4 rings (SSSR count). The molecule has 41 heavy (non-hydrogen) atoms. The van der Waals surface area contributed by atoms with Crippen molar-refractivity contribution in [2.45, 2.75) is 51.9 Å². The maximum atomic E-state index is 12.3. The summed E-state index contributed by atoms with van der Waals surface area (Å²) in [5.41, 5.74) is 0.823. The summed E-state index contributed by atoms with van der Waals surface area (Å²) in [7, 11) is -0.120. The second-order valence-corrected chi connectivity index (χ2v) is 16.9. The minimum Gasteiger partial charge on any atom is -0.481 e. The number of hydrogen-bond acceptors (Lipinski definition) is 8. The lowest BCUT2D eigenvalue weighted by Crippen LogP contribution is -2.30. The maximum Gasteiger partial charge on any atom is 0.416 e. The Bertz CT molecular complexity index is 1670. The molecular formula is C29H34N4O7Si. The van der Waals surface area contributed by atoms with Crippen LogP contribution in [-0.2, 0) is 26.6 Å². The predicted octanol–water partition coefficient (Wildman–Crippen LogP) is 4.82. The Morgan fingerprint density at radius 2 is 1.93 bits per heavy atom. The fraction of sp³-hybridized carbons (Fsp3) is 0.379. The Labute approximate surface area is 238 Å². The summed E-state index contributed by atoms with van der Waals surface area (Å²) in [6.07, 6.45) is 0.203. The largest absolute Gasteiger partial charge is 0.481 e. The van der Waals surface area contributed by atoms with Crippen molar-refractivity contribution < 1.29 is 34.0 Å². The van der Waals surface area contributed by atoms with Crippen LogP contribution in [0.2, 0.25) is 25.7 Å². The first-order valence-corrected chi connectivity index (χ1v) is 16.8. The molecule has 11 nitrogen and oxygen atoms in total. The van der Waals surface area contributed by atoms with Crippen LogP contribution in [0.25, 0.3) is 21.9 Å². The molecule has 0 saturated carbocycles. The number of nitrogens with zero attached hydrogens (tertiary/aromatic N) is 4. The van der Waals surface area contributed by atoms with Gasteiger partial charge in [0.1, 0.15) is 23.9 Å². The molecular weight excluding hydrogens is 544 g/mol. The van der Waals surface area contributed by atoms with Crippen molar-refractivity contribution in [1.29, 1.82) is 5.26 Å². The number of fused-ring (bicyclic) bond motifs is 2. The molecule has 0 aliphatic rings. The van der Waals surface area contributed by atoms with Gasteiger partial charge in [-0.15, -0.1) is 0 Å². The van der Waals surface area contributed by atoms with E-state index in [4.69, 9.17) is 19.2 Å². The molecule has 0 saturated heterocycles. The second-order valence-electron chi connectivity index (χ2n) is 11.3. The Kier molecular flexibility index (Phi) is 8.26. The lowest BCUT2D eigenvalue weighted by atomic mass is 9.89. The predicted molar refractivity (Wildman–Crippen MR) is 155 cm³/mol. The summed E-state index contributed by atoms with van der Waals surface area (Å²) >= 11 is 0. The number of methoxy groups -OCH3 is 1. The van der Waals surface area contributed by atoms with Crippen LogP contribution in [0.3, 0.4) is 0 Å². The molecule has 216 valence electrons. The number of aliphatic hydroxyl groups is 1. The van der Waals surface area contributed by atoms with E-state index in [0.29, 0.717) is 39.7 Å². The van der Waals surface area contributed by atoms with Gasteiger partial charge in [-0.1, -0.05) is 19.6 Å². The average molecular weight is 579 g/mol. The van der Waals surface area contributed by atoms with E-state index in [0.717, 1.165) is 10.6 Å². The number of esters is 1. The van der Waals surface area contributed by atoms with Crippen LogP contribution >= 0.6 is 0 Å². The van der Waals surface area contributed by atoms with Gasteiger partial charge in [0.15, 0.2) is 6.61 Å². The average Bonchev–Trinajstić information content (AvgIpc) is 3.51. The third kappa shape index (κ3) is 5.97. The van der Waals surface area contributed by atoms with Crippen LogP contribution in [0, 0.1) is 18.3 Å². The first-order valence-electron chi connectivity index (χ1n) is 13.1.